The number of nitrogens with zero attached hydrogens (tertiary/aromatic N) is 4. The number of ether oxygens (including phenoxy) is 1. The number of β-amino-alcohol motifs (C(OH)–C–C–N with tert-alkyl or cyclic N) is 1. The number of benzene rings is 1. The SMILES string of the molecule is COc1nc(N2CC[C@H](O)C2)c(-c2cc3ccccc3n2C(=O)O)cc1S(=O)(=O)N1CCC1. The van der Waals surface area contributed by atoms with Crippen molar-refractivity contribution in [3.05, 3.63) is 36.4 Å². The van der Waals surface area contributed by atoms with Crippen LogP contribution in [0.4, 0.5) is 10.6 Å². The van der Waals surface area contributed by atoms with Crippen LogP contribution in [0.2, 0.25) is 0 Å². The minimum absolute atomic E-state index is 0.0555. The number of methoxy groups -OCH3 is 1. The third-order valence-corrected chi connectivity index (χ3v) is 8.09. The van der Waals surface area contributed by atoms with Crippen LogP contribution in [0.15, 0.2) is 41.3 Å². The molecule has 0 aliphatic carbocycles. The molecule has 0 amide bonds. The highest BCUT2D eigenvalue weighted by molar-refractivity contribution is 7.89. The van der Waals surface area contributed by atoms with E-state index in [4.69, 9.17) is 4.74 Å². The Kier molecular flexibility index (Phi) is 5.26. The summed E-state index contributed by atoms with van der Waals surface area (Å²) in [6, 6.07) is 10.2. The zero-order valence-electron chi connectivity index (χ0n) is 18.0. The second-order valence-corrected chi connectivity index (χ2v) is 10.1. The van der Waals surface area contributed by atoms with Gasteiger partial charge in [-0.15, -0.1) is 0 Å². The summed E-state index contributed by atoms with van der Waals surface area (Å²) >= 11 is 0. The molecule has 0 spiro atoms. The van der Waals surface area contributed by atoms with Crippen molar-refractivity contribution in [2.24, 2.45) is 0 Å². The second kappa shape index (κ2) is 8.01. The van der Waals surface area contributed by atoms with Gasteiger partial charge in [-0.25, -0.2) is 17.8 Å². The molecule has 5 rings (SSSR count). The van der Waals surface area contributed by atoms with Crippen LogP contribution in [0.25, 0.3) is 22.2 Å². The third kappa shape index (κ3) is 3.52. The number of aliphatic hydroxyl groups excluding tert-OH is 1. The first kappa shape index (κ1) is 21.7. The van der Waals surface area contributed by atoms with Gasteiger partial charge in [0.05, 0.1) is 24.4 Å². The number of pyridine rings is 1. The lowest BCUT2D eigenvalue weighted by Crippen LogP contribution is -2.42. The van der Waals surface area contributed by atoms with E-state index < -0.39 is 22.2 Å². The molecule has 3 aromatic rings. The summed E-state index contributed by atoms with van der Waals surface area (Å²) < 4.78 is 34.4. The monoisotopic (exact) mass is 472 g/mol. The summed E-state index contributed by atoms with van der Waals surface area (Å²) in [5.74, 6) is 0.316. The summed E-state index contributed by atoms with van der Waals surface area (Å²) in [5.41, 5.74) is 1.13. The molecule has 174 valence electrons. The first-order valence-corrected chi connectivity index (χ1v) is 12.1. The molecule has 1 aromatic carbocycles. The maximum Gasteiger partial charge on any atom is 0.416 e. The number of para-hydroxylation sites is 1. The van der Waals surface area contributed by atoms with E-state index in [9.17, 15) is 23.4 Å². The van der Waals surface area contributed by atoms with Gasteiger partial charge in [-0.2, -0.15) is 9.29 Å². The number of hydrogen-bond acceptors (Lipinski definition) is 7. The molecule has 2 N–H and O–H groups in total. The van der Waals surface area contributed by atoms with Gasteiger partial charge in [0.1, 0.15) is 10.7 Å². The number of carbonyl (C=O) groups is 1. The van der Waals surface area contributed by atoms with Crippen LogP contribution in [-0.2, 0) is 10.0 Å². The van der Waals surface area contributed by atoms with E-state index in [1.807, 2.05) is 11.0 Å². The number of carboxylic acid groups (broad SMARTS) is 1. The van der Waals surface area contributed by atoms with E-state index in [0.29, 0.717) is 60.6 Å². The molecule has 2 saturated heterocycles. The molecule has 11 heteroatoms. The van der Waals surface area contributed by atoms with Crippen LogP contribution in [0.5, 0.6) is 5.88 Å². The maximum absolute atomic E-state index is 13.3. The molecule has 4 heterocycles. The minimum atomic E-state index is -3.87. The van der Waals surface area contributed by atoms with Crippen molar-refractivity contribution in [1.82, 2.24) is 13.9 Å². The van der Waals surface area contributed by atoms with Crippen molar-refractivity contribution in [1.29, 1.82) is 0 Å². The van der Waals surface area contributed by atoms with Crippen molar-refractivity contribution in [3.8, 4) is 17.1 Å². The largest absolute Gasteiger partial charge is 0.480 e. The molecular weight excluding hydrogens is 448 g/mol. The Morgan fingerprint density at radius 1 is 1.18 bits per heavy atom. The Hall–Kier alpha value is -3.15. The van der Waals surface area contributed by atoms with Crippen LogP contribution in [-0.4, -0.2) is 78.0 Å². The third-order valence-electron chi connectivity index (χ3n) is 6.20. The lowest BCUT2D eigenvalue weighted by molar-refractivity contribution is 0.197. The Morgan fingerprint density at radius 2 is 1.94 bits per heavy atom. The van der Waals surface area contributed by atoms with Gasteiger partial charge in [-0.05, 0) is 31.0 Å². The topological polar surface area (TPSA) is 125 Å². The summed E-state index contributed by atoms with van der Waals surface area (Å²) in [6.07, 6.45) is -0.445. The lowest BCUT2D eigenvalue weighted by Gasteiger charge is -2.30. The Morgan fingerprint density at radius 3 is 2.55 bits per heavy atom. The quantitative estimate of drug-likeness (QED) is 0.579. The number of sulfonamides is 1. The van der Waals surface area contributed by atoms with Gasteiger partial charge in [0.25, 0.3) is 0 Å². The van der Waals surface area contributed by atoms with Crippen LogP contribution >= 0.6 is 0 Å². The normalized spacial score (nSPS) is 19.1. The molecule has 1 atom stereocenters. The van der Waals surface area contributed by atoms with Gasteiger partial charge in [-0.3, -0.25) is 0 Å². The van der Waals surface area contributed by atoms with Gasteiger partial charge in [0, 0.05) is 37.1 Å². The smallest absolute Gasteiger partial charge is 0.416 e. The number of rotatable bonds is 5. The van der Waals surface area contributed by atoms with Gasteiger partial charge < -0.3 is 19.8 Å². The molecule has 2 aliphatic heterocycles. The van der Waals surface area contributed by atoms with Gasteiger partial charge >= 0.3 is 6.09 Å². The standard InChI is InChI=1S/C22H24N4O6S/c1-32-21-19(33(30,31)25-8-4-9-25)12-16(20(23-21)24-10-7-15(27)13-24)18-11-14-5-2-3-6-17(14)26(18)22(28)29/h2-3,5-6,11-12,15,27H,4,7-10,13H2,1H3,(H,28,29)/t15-/m0/s1. The molecule has 33 heavy (non-hydrogen) atoms. The summed E-state index contributed by atoms with van der Waals surface area (Å²) in [4.78, 5) is 18.5. The molecule has 2 aliphatic rings. The van der Waals surface area contributed by atoms with Crippen LogP contribution < -0.4 is 9.64 Å². The highest BCUT2D eigenvalue weighted by Gasteiger charge is 2.35. The van der Waals surface area contributed by atoms with Crippen molar-refractivity contribution < 1.29 is 28.2 Å². The van der Waals surface area contributed by atoms with E-state index in [0.717, 1.165) is 11.0 Å². The van der Waals surface area contributed by atoms with Gasteiger partial charge in [-0.1, -0.05) is 18.2 Å². The predicted octanol–water partition coefficient (Wildman–Crippen LogP) is 2.20. The van der Waals surface area contributed by atoms with Crippen LogP contribution in [0.3, 0.4) is 0 Å². The number of aliphatic hydroxyl groups is 1. The maximum atomic E-state index is 13.3. The second-order valence-electron chi connectivity index (χ2n) is 8.22. The van der Waals surface area contributed by atoms with Gasteiger partial charge in [0.2, 0.25) is 15.9 Å². The lowest BCUT2D eigenvalue weighted by atomic mass is 10.1. The Balaban J connectivity index is 1.80. The van der Waals surface area contributed by atoms with Crippen molar-refractivity contribution in [2.45, 2.75) is 23.8 Å². The molecule has 0 saturated carbocycles. The fourth-order valence-electron chi connectivity index (χ4n) is 4.39. The highest BCUT2D eigenvalue weighted by atomic mass is 32.2. The molecular formula is C22H24N4O6S. The highest BCUT2D eigenvalue weighted by Crippen LogP contribution is 2.40. The summed E-state index contributed by atoms with van der Waals surface area (Å²) in [5, 5.41) is 20.8. The average Bonchev–Trinajstić information content (AvgIpc) is 3.34. The van der Waals surface area contributed by atoms with Crippen molar-refractivity contribution >= 4 is 32.8 Å². The molecule has 0 radical (unpaired) electrons. The fraction of sp³-hybridized carbons (Fsp3) is 0.364. The van der Waals surface area contributed by atoms with E-state index in [-0.39, 0.29) is 10.8 Å². The first-order chi connectivity index (χ1) is 15.8. The first-order valence-electron chi connectivity index (χ1n) is 10.7. The van der Waals surface area contributed by atoms with E-state index in [1.54, 1.807) is 24.3 Å². The average molecular weight is 473 g/mol. The fourth-order valence-corrected chi connectivity index (χ4v) is 6.02. The van der Waals surface area contributed by atoms with E-state index in [2.05, 4.69) is 4.98 Å². The molecule has 2 fully saturated rings. The van der Waals surface area contributed by atoms with Crippen molar-refractivity contribution in [2.75, 3.05) is 38.2 Å². The molecule has 10 nitrogen and oxygen atoms in total. The summed E-state index contributed by atoms with van der Waals surface area (Å²) in [7, 11) is -2.51. The number of anilines is 1. The van der Waals surface area contributed by atoms with Crippen LogP contribution in [0.1, 0.15) is 12.8 Å². The van der Waals surface area contributed by atoms with E-state index >= 15 is 0 Å². The molecule has 0 bridgehead atoms. The number of hydrogen-bond donors (Lipinski definition) is 2. The number of fused-ring (bicyclic) bond motifs is 1. The Labute approximate surface area is 190 Å². The predicted molar refractivity (Wildman–Crippen MR) is 121 cm³/mol. The molecule has 2 aromatic heterocycles. The van der Waals surface area contributed by atoms with Crippen molar-refractivity contribution in [3.63, 3.8) is 0 Å². The van der Waals surface area contributed by atoms with E-state index in [1.165, 1.54) is 17.5 Å². The zero-order chi connectivity index (χ0) is 23.3. The number of aromatic nitrogens is 2. The Bertz CT molecular complexity index is 1350. The van der Waals surface area contributed by atoms with Gasteiger partial charge in [0.15, 0.2) is 0 Å². The van der Waals surface area contributed by atoms with Crippen LogP contribution in [0, 0.1) is 0 Å². The minimum Gasteiger partial charge on any atom is -0.480 e. The zero-order valence-corrected chi connectivity index (χ0v) is 18.8. The summed E-state index contributed by atoms with van der Waals surface area (Å²) in [6.45, 7) is 1.62. The molecule has 0 unspecified atom stereocenters.